The van der Waals surface area contributed by atoms with Crippen LogP contribution in [0.2, 0.25) is 0 Å². The van der Waals surface area contributed by atoms with E-state index in [1.807, 2.05) is 30.3 Å². The molecule has 6 nitrogen and oxygen atoms in total. The van der Waals surface area contributed by atoms with E-state index >= 15 is 0 Å². The minimum absolute atomic E-state index is 0.225. The van der Waals surface area contributed by atoms with Crippen LogP contribution in [0, 0.1) is 0 Å². The third-order valence-corrected chi connectivity index (χ3v) is 2.88. The molecule has 1 heterocycles. The molecule has 0 spiro atoms. The molecule has 0 saturated heterocycles. The summed E-state index contributed by atoms with van der Waals surface area (Å²) < 4.78 is 1.59. The molecule has 1 aromatic heterocycles. The normalized spacial score (nSPS) is 11.1. The second-order valence-corrected chi connectivity index (χ2v) is 4.92. The van der Waals surface area contributed by atoms with Crippen LogP contribution in [0.1, 0.15) is 24.3 Å². The van der Waals surface area contributed by atoms with Crippen LogP contribution in [0.25, 0.3) is 5.69 Å². The average Bonchev–Trinajstić information content (AvgIpc) is 2.88. The number of primary amides is 1. The van der Waals surface area contributed by atoms with Crippen molar-refractivity contribution in [2.24, 2.45) is 5.73 Å². The molecule has 0 aliphatic carbocycles. The van der Waals surface area contributed by atoms with Gasteiger partial charge in [-0.2, -0.15) is 5.10 Å². The monoisotopic (exact) mass is 272 g/mol. The van der Waals surface area contributed by atoms with E-state index in [1.54, 1.807) is 30.8 Å². The van der Waals surface area contributed by atoms with Gasteiger partial charge in [0.1, 0.15) is 5.54 Å². The Bertz CT molecular complexity index is 632. The Morgan fingerprint density at radius 1 is 1.20 bits per heavy atom. The molecular weight excluding hydrogens is 256 g/mol. The Hall–Kier alpha value is -2.63. The predicted molar refractivity (Wildman–Crippen MR) is 74.3 cm³/mol. The van der Waals surface area contributed by atoms with Gasteiger partial charge in [0.05, 0.1) is 5.69 Å². The summed E-state index contributed by atoms with van der Waals surface area (Å²) in [6.45, 7) is 3.09. The Morgan fingerprint density at radius 3 is 2.45 bits per heavy atom. The maximum atomic E-state index is 12.0. The van der Waals surface area contributed by atoms with E-state index in [4.69, 9.17) is 5.73 Å². The van der Waals surface area contributed by atoms with Crippen molar-refractivity contribution in [3.05, 3.63) is 48.3 Å². The van der Waals surface area contributed by atoms with Gasteiger partial charge >= 0.3 is 0 Å². The SMILES string of the molecule is CC(C)(NC(=O)c1ccn(-c2ccccc2)n1)C(N)=O. The van der Waals surface area contributed by atoms with Gasteiger partial charge in [-0.1, -0.05) is 18.2 Å². The first kappa shape index (κ1) is 13.8. The molecule has 2 aromatic rings. The lowest BCUT2D eigenvalue weighted by Gasteiger charge is -2.21. The van der Waals surface area contributed by atoms with E-state index in [0.717, 1.165) is 5.69 Å². The van der Waals surface area contributed by atoms with Gasteiger partial charge in [0, 0.05) is 6.20 Å². The fourth-order valence-corrected chi connectivity index (χ4v) is 1.58. The van der Waals surface area contributed by atoms with E-state index in [9.17, 15) is 9.59 Å². The van der Waals surface area contributed by atoms with Crippen LogP contribution >= 0.6 is 0 Å². The van der Waals surface area contributed by atoms with Crippen LogP contribution < -0.4 is 11.1 Å². The predicted octanol–water partition coefficient (Wildman–Crippen LogP) is 0.866. The number of carbonyl (C=O) groups is 2. The molecule has 1 aromatic carbocycles. The fraction of sp³-hybridized carbons (Fsp3) is 0.214. The van der Waals surface area contributed by atoms with Crippen molar-refractivity contribution >= 4 is 11.8 Å². The summed E-state index contributed by atoms with van der Waals surface area (Å²) in [7, 11) is 0. The van der Waals surface area contributed by atoms with E-state index in [2.05, 4.69) is 10.4 Å². The topological polar surface area (TPSA) is 90.0 Å². The van der Waals surface area contributed by atoms with E-state index in [1.165, 1.54) is 0 Å². The zero-order valence-corrected chi connectivity index (χ0v) is 11.3. The zero-order valence-electron chi connectivity index (χ0n) is 11.3. The zero-order chi connectivity index (χ0) is 14.8. The summed E-state index contributed by atoms with van der Waals surface area (Å²) in [6, 6.07) is 11.0. The number of nitrogens with one attached hydrogen (secondary N) is 1. The molecule has 0 bridgehead atoms. The smallest absolute Gasteiger partial charge is 0.272 e. The summed E-state index contributed by atoms with van der Waals surface area (Å²) in [6.07, 6.45) is 1.68. The highest BCUT2D eigenvalue weighted by atomic mass is 16.2. The first-order valence-electron chi connectivity index (χ1n) is 6.14. The number of amides is 2. The molecule has 0 aliphatic rings. The average molecular weight is 272 g/mol. The van der Waals surface area contributed by atoms with Gasteiger partial charge in [0.15, 0.2) is 5.69 Å². The number of benzene rings is 1. The number of hydrogen-bond donors (Lipinski definition) is 2. The molecule has 6 heteroatoms. The van der Waals surface area contributed by atoms with Crippen molar-refractivity contribution in [3.8, 4) is 5.69 Å². The van der Waals surface area contributed by atoms with Crippen LogP contribution in [0.3, 0.4) is 0 Å². The van der Waals surface area contributed by atoms with Crippen molar-refractivity contribution < 1.29 is 9.59 Å². The first-order valence-corrected chi connectivity index (χ1v) is 6.14. The Morgan fingerprint density at radius 2 is 1.85 bits per heavy atom. The van der Waals surface area contributed by atoms with Gasteiger partial charge in [0.2, 0.25) is 5.91 Å². The van der Waals surface area contributed by atoms with Crippen LogP contribution in [0.15, 0.2) is 42.6 Å². The van der Waals surface area contributed by atoms with Gasteiger partial charge in [0.25, 0.3) is 5.91 Å². The first-order chi connectivity index (χ1) is 9.40. The van der Waals surface area contributed by atoms with Crippen molar-refractivity contribution in [2.45, 2.75) is 19.4 Å². The minimum atomic E-state index is -1.12. The second-order valence-electron chi connectivity index (χ2n) is 4.92. The number of nitrogens with two attached hydrogens (primary N) is 1. The molecule has 104 valence electrons. The van der Waals surface area contributed by atoms with Gasteiger partial charge < -0.3 is 11.1 Å². The summed E-state index contributed by atoms with van der Waals surface area (Å²) in [4.78, 5) is 23.2. The van der Waals surface area contributed by atoms with E-state index in [-0.39, 0.29) is 5.69 Å². The molecule has 2 amide bonds. The van der Waals surface area contributed by atoms with Gasteiger partial charge in [-0.3, -0.25) is 9.59 Å². The van der Waals surface area contributed by atoms with Gasteiger partial charge in [-0.05, 0) is 32.0 Å². The van der Waals surface area contributed by atoms with Crippen LogP contribution in [0.4, 0.5) is 0 Å². The fourth-order valence-electron chi connectivity index (χ4n) is 1.58. The lowest BCUT2D eigenvalue weighted by molar-refractivity contribution is -0.122. The number of nitrogens with zero attached hydrogens (tertiary/aromatic N) is 2. The lowest BCUT2D eigenvalue weighted by atomic mass is 10.1. The largest absolute Gasteiger partial charge is 0.368 e. The molecule has 20 heavy (non-hydrogen) atoms. The molecule has 2 rings (SSSR count). The lowest BCUT2D eigenvalue weighted by Crippen LogP contribution is -2.53. The highest BCUT2D eigenvalue weighted by Gasteiger charge is 2.28. The van der Waals surface area contributed by atoms with E-state index in [0.29, 0.717) is 0 Å². The number of para-hydroxylation sites is 1. The molecular formula is C14H16N4O2. The number of rotatable bonds is 4. The van der Waals surface area contributed by atoms with Crippen molar-refractivity contribution in [2.75, 3.05) is 0 Å². The summed E-state index contributed by atoms with van der Waals surface area (Å²) in [5.74, 6) is -1.04. The Labute approximate surface area is 116 Å². The second kappa shape index (κ2) is 5.16. The van der Waals surface area contributed by atoms with Crippen molar-refractivity contribution in [3.63, 3.8) is 0 Å². The quantitative estimate of drug-likeness (QED) is 0.865. The van der Waals surface area contributed by atoms with Gasteiger partial charge in [-0.15, -0.1) is 0 Å². The highest BCUT2D eigenvalue weighted by Crippen LogP contribution is 2.08. The Kier molecular flexibility index (Phi) is 3.56. The molecule has 0 fully saturated rings. The third kappa shape index (κ3) is 2.85. The van der Waals surface area contributed by atoms with E-state index < -0.39 is 17.4 Å². The molecule has 0 atom stereocenters. The molecule has 0 aliphatic heterocycles. The highest BCUT2D eigenvalue weighted by molar-refractivity contribution is 5.97. The molecule has 0 saturated carbocycles. The molecule has 0 unspecified atom stereocenters. The molecule has 0 radical (unpaired) electrons. The number of carbonyl (C=O) groups excluding carboxylic acids is 2. The van der Waals surface area contributed by atoms with Crippen LogP contribution in [-0.2, 0) is 4.79 Å². The van der Waals surface area contributed by atoms with Gasteiger partial charge in [-0.25, -0.2) is 4.68 Å². The third-order valence-electron chi connectivity index (χ3n) is 2.88. The maximum Gasteiger partial charge on any atom is 0.272 e. The van der Waals surface area contributed by atoms with Crippen LogP contribution in [-0.4, -0.2) is 27.1 Å². The van der Waals surface area contributed by atoms with Crippen molar-refractivity contribution in [1.29, 1.82) is 0 Å². The Balaban J connectivity index is 2.17. The summed E-state index contributed by atoms with van der Waals surface area (Å²) in [5, 5.41) is 6.72. The van der Waals surface area contributed by atoms with Crippen LogP contribution in [0.5, 0.6) is 0 Å². The minimum Gasteiger partial charge on any atom is -0.368 e. The maximum absolute atomic E-state index is 12.0. The summed E-state index contributed by atoms with van der Waals surface area (Å²) >= 11 is 0. The number of hydrogen-bond acceptors (Lipinski definition) is 3. The molecule has 3 N–H and O–H groups in total. The standard InChI is InChI=1S/C14H16N4O2/c1-14(2,13(15)20)16-12(19)11-8-9-18(17-11)10-6-4-3-5-7-10/h3-9H,1-2H3,(H2,15,20)(H,16,19). The van der Waals surface area contributed by atoms with Crippen molar-refractivity contribution in [1.82, 2.24) is 15.1 Å². The summed E-state index contributed by atoms with van der Waals surface area (Å²) in [5.41, 5.74) is 5.17. The number of aromatic nitrogens is 2.